The number of rotatable bonds is 6. The number of nitrogens with one attached hydrogen (secondary N) is 1. The highest BCUT2D eigenvalue weighted by Gasteiger charge is 2.16. The monoisotopic (exact) mass is 347 g/mol. The van der Waals surface area contributed by atoms with Crippen molar-refractivity contribution < 1.29 is 13.3 Å². The third-order valence-electron chi connectivity index (χ3n) is 3.38. The second-order valence-corrected chi connectivity index (χ2v) is 6.71. The molecule has 0 aliphatic heterocycles. The molecule has 0 aliphatic carbocycles. The van der Waals surface area contributed by atoms with Gasteiger partial charge in [0.15, 0.2) is 5.65 Å². The van der Waals surface area contributed by atoms with Crippen LogP contribution in [-0.2, 0) is 16.4 Å². The molecule has 3 rings (SSSR count). The average Bonchev–Trinajstić information content (AvgIpc) is 2.98. The first kappa shape index (κ1) is 16.0. The Morgan fingerprint density at radius 1 is 1.12 bits per heavy atom. The topological polar surface area (TPSA) is 120 Å². The molecule has 124 valence electrons. The third kappa shape index (κ3) is 3.24. The van der Waals surface area contributed by atoms with E-state index in [1.165, 1.54) is 12.1 Å². The van der Waals surface area contributed by atoms with E-state index in [2.05, 4.69) is 14.9 Å². The molecule has 0 fully saturated rings. The summed E-state index contributed by atoms with van der Waals surface area (Å²) >= 11 is 0. The van der Waals surface area contributed by atoms with E-state index in [0.29, 0.717) is 17.9 Å². The number of non-ortho nitro benzene ring substituents is 1. The Morgan fingerprint density at radius 2 is 1.88 bits per heavy atom. The number of hydrogen-bond donors (Lipinski definition) is 1. The van der Waals surface area contributed by atoms with Crippen molar-refractivity contribution >= 4 is 21.4 Å². The van der Waals surface area contributed by atoms with Crippen molar-refractivity contribution in [3.8, 4) is 0 Å². The van der Waals surface area contributed by atoms with E-state index < -0.39 is 14.9 Å². The van der Waals surface area contributed by atoms with Gasteiger partial charge >= 0.3 is 0 Å². The van der Waals surface area contributed by atoms with Gasteiger partial charge in [0.1, 0.15) is 5.82 Å². The molecule has 2 aromatic heterocycles. The Kier molecular flexibility index (Phi) is 4.23. The lowest BCUT2D eigenvalue weighted by Crippen LogP contribution is -2.26. The zero-order valence-corrected chi connectivity index (χ0v) is 13.2. The number of pyridine rings is 1. The van der Waals surface area contributed by atoms with E-state index in [4.69, 9.17) is 0 Å². The quantitative estimate of drug-likeness (QED) is 0.528. The predicted molar refractivity (Wildman–Crippen MR) is 85.0 cm³/mol. The Morgan fingerprint density at radius 3 is 2.58 bits per heavy atom. The van der Waals surface area contributed by atoms with Gasteiger partial charge in [0.25, 0.3) is 5.69 Å². The number of benzene rings is 1. The fraction of sp³-hybridized carbons (Fsp3) is 0.143. The van der Waals surface area contributed by atoms with Crippen molar-refractivity contribution in [3.63, 3.8) is 0 Å². The molecule has 0 atom stereocenters. The summed E-state index contributed by atoms with van der Waals surface area (Å²) in [5.74, 6) is 0.636. The van der Waals surface area contributed by atoms with E-state index in [1.54, 1.807) is 16.7 Å². The van der Waals surface area contributed by atoms with Crippen LogP contribution in [-0.4, -0.2) is 34.5 Å². The van der Waals surface area contributed by atoms with Gasteiger partial charge in [-0.15, -0.1) is 10.2 Å². The largest absolute Gasteiger partial charge is 0.286 e. The maximum atomic E-state index is 12.2. The minimum atomic E-state index is -3.74. The Hall–Kier alpha value is -2.85. The second-order valence-electron chi connectivity index (χ2n) is 4.94. The number of fused-ring (bicyclic) bond motifs is 1. The summed E-state index contributed by atoms with van der Waals surface area (Å²) in [4.78, 5) is 9.99. The fourth-order valence-electron chi connectivity index (χ4n) is 2.19. The maximum absolute atomic E-state index is 12.2. The minimum absolute atomic E-state index is 0.0285. The van der Waals surface area contributed by atoms with Crippen LogP contribution in [0.5, 0.6) is 0 Å². The molecule has 24 heavy (non-hydrogen) atoms. The molecule has 10 heteroatoms. The highest BCUT2D eigenvalue weighted by Crippen LogP contribution is 2.15. The summed E-state index contributed by atoms with van der Waals surface area (Å²) in [6.45, 7) is 0.134. The Labute approximate surface area is 137 Å². The minimum Gasteiger partial charge on any atom is -0.286 e. The van der Waals surface area contributed by atoms with Crippen molar-refractivity contribution in [2.24, 2.45) is 0 Å². The van der Waals surface area contributed by atoms with Gasteiger partial charge in [-0.2, -0.15) is 0 Å². The van der Waals surface area contributed by atoms with Crippen molar-refractivity contribution in [2.75, 3.05) is 6.54 Å². The maximum Gasteiger partial charge on any atom is 0.269 e. The molecule has 1 N–H and O–H groups in total. The number of nitro benzene ring substituents is 1. The molecule has 0 unspecified atom stereocenters. The van der Waals surface area contributed by atoms with E-state index in [1.807, 2.05) is 12.1 Å². The first-order valence-corrected chi connectivity index (χ1v) is 8.48. The van der Waals surface area contributed by atoms with Gasteiger partial charge in [-0.05, 0) is 24.3 Å². The van der Waals surface area contributed by atoms with Crippen molar-refractivity contribution in [3.05, 3.63) is 64.6 Å². The lowest BCUT2D eigenvalue weighted by atomic mass is 10.3. The molecule has 1 aromatic carbocycles. The van der Waals surface area contributed by atoms with Crippen molar-refractivity contribution in [1.82, 2.24) is 19.3 Å². The van der Waals surface area contributed by atoms with E-state index >= 15 is 0 Å². The van der Waals surface area contributed by atoms with Gasteiger partial charge in [-0.3, -0.25) is 14.5 Å². The zero-order valence-electron chi connectivity index (χ0n) is 12.4. The van der Waals surface area contributed by atoms with Crippen LogP contribution in [0.15, 0.2) is 53.6 Å². The summed E-state index contributed by atoms with van der Waals surface area (Å²) in [6, 6.07) is 10.2. The number of nitrogens with zero attached hydrogens (tertiary/aromatic N) is 4. The Bertz CT molecular complexity index is 982. The molecule has 0 aliphatic rings. The average molecular weight is 347 g/mol. The second kappa shape index (κ2) is 6.34. The highest BCUT2D eigenvalue weighted by molar-refractivity contribution is 7.89. The number of nitro groups is 1. The van der Waals surface area contributed by atoms with Crippen molar-refractivity contribution in [2.45, 2.75) is 11.3 Å². The lowest BCUT2D eigenvalue weighted by Gasteiger charge is -2.06. The molecule has 0 spiro atoms. The molecular weight excluding hydrogens is 334 g/mol. The first-order valence-electron chi connectivity index (χ1n) is 7.00. The van der Waals surface area contributed by atoms with E-state index in [-0.39, 0.29) is 17.1 Å². The van der Waals surface area contributed by atoms with Gasteiger partial charge in [0, 0.05) is 31.3 Å². The van der Waals surface area contributed by atoms with E-state index in [9.17, 15) is 18.5 Å². The SMILES string of the molecule is O=[N+]([O-])c1ccc(S(=O)(=O)NCCc2nnc3ccccn23)cc1. The summed E-state index contributed by atoms with van der Waals surface area (Å²) in [5.41, 5.74) is 0.523. The molecule has 0 amide bonds. The zero-order chi connectivity index (χ0) is 17.2. The molecule has 9 nitrogen and oxygen atoms in total. The van der Waals surface area contributed by atoms with Crippen molar-refractivity contribution in [1.29, 1.82) is 0 Å². The molecule has 0 saturated carbocycles. The van der Waals surface area contributed by atoms with Crippen LogP contribution in [0.3, 0.4) is 0 Å². The molecule has 3 aromatic rings. The van der Waals surface area contributed by atoms with Crippen LogP contribution in [0.4, 0.5) is 5.69 Å². The summed E-state index contributed by atoms with van der Waals surface area (Å²) in [6.07, 6.45) is 2.16. The van der Waals surface area contributed by atoms with Crippen LogP contribution in [0.25, 0.3) is 5.65 Å². The van der Waals surface area contributed by atoms with Gasteiger partial charge in [0.2, 0.25) is 10.0 Å². The fourth-order valence-corrected chi connectivity index (χ4v) is 3.22. The van der Waals surface area contributed by atoms with Crippen LogP contribution >= 0.6 is 0 Å². The van der Waals surface area contributed by atoms with Gasteiger partial charge in [0.05, 0.1) is 9.82 Å². The number of hydrogen-bond acceptors (Lipinski definition) is 6. The number of aromatic nitrogens is 3. The molecule has 0 radical (unpaired) electrons. The molecule has 0 saturated heterocycles. The normalized spacial score (nSPS) is 11.7. The standard InChI is InChI=1S/C14H13N5O4S/c20-19(21)11-4-6-12(7-5-11)24(22,23)15-9-8-14-17-16-13-3-1-2-10-18(13)14/h1-7,10,15H,8-9H2. The highest BCUT2D eigenvalue weighted by atomic mass is 32.2. The van der Waals surface area contributed by atoms with Gasteiger partial charge < -0.3 is 0 Å². The van der Waals surface area contributed by atoms with E-state index in [0.717, 1.165) is 12.1 Å². The molecule has 0 bridgehead atoms. The number of sulfonamides is 1. The summed E-state index contributed by atoms with van der Waals surface area (Å²) in [7, 11) is -3.74. The van der Waals surface area contributed by atoms with Crippen LogP contribution in [0.2, 0.25) is 0 Å². The first-order chi connectivity index (χ1) is 11.5. The van der Waals surface area contributed by atoms with Gasteiger partial charge in [-0.1, -0.05) is 6.07 Å². The Balaban J connectivity index is 1.68. The summed E-state index contributed by atoms with van der Waals surface area (Å²) < 4.78 is 28.6. The third-order valence-corrected chi connectivity index (χ3v) is 4.86. The molecular formula is C14H13N5O4S. The van der Waals surface area contributed by atoms with Crippen LogP contribution in [0.1, 0.15) is 5.82 Å². The van der Waals surface area contributed by atoms with Crippen LogP contribution in [0, 0.1) is 10.1 Å². The molecule has 2 heterocycles. The summed E-state index contributed by atoms with van der Waals surface area (Å²) in [5, 5.41) is 18.6. The van der Waals surface area contributed by atoms with Crippen LogP contribution < -0.4 is 4.72 Å². The lowest BCUT2D eigenvalue weighted by molar-refractivity contribution is -0.384. The smallest absolute Gasteiger partial charge is 0.269 e. The van der Waals surface area contributed by atoms with Gasteiger partial charge in [-0.25, -0.2) is 13.1 Å². The predicted octanol–water partition coefficient (Wildman–Crippen LogP) is 1.16.